The summed E-state index contributed by atoms with van der Waals surface area (Å²) in [5, 5.41) is 4.48. The summed E-state index contributed by atoms with van der Waals surface area (Å²) in [6.07, 6.45) is 4.67. The van der Waals surface area contributed by atoms with Gasteiger partial charge in [0.1, 0.15) is 0 Å². The predicted octanol–water partition coefficient (Wildman–Crippen LogP) is 1.73. The molecule has 7 heteroatoms. The summed E-state index contributed by atoms with van der Waals surface area (Å²) in [6, 6.07) is 1.86. The number of hydrogen-bond acceptors (Lipinski definition) is 6. The molecule has 2 aromatic heterocycles. The number of nitrogens with zero attached hydrogens (tertiary/aromatic N) is 6. The van der Waals surface area contributed by atoms with Gasteiger partial charge in [0.15, 0.2) is 0 Å². The maximum absolute atomic E-state index is 5.27. The maximum atomic E-state index is 5.27. The highest BCUT2D eigenvalue weighted by atomic mass is 16.5. The molecule has 7 nitrogen and oxygen atoms in total. The van der Waals surface area contributed by atoms with Gasteiger partial charge >= 0.3 is 0 Å². The molecule has 1 saturated carbocycles. The van der Waals surface area contributed by atoms with Crippen LogP contribution in [0.4, 0.5) is 5.95 Å². The summed E-state index contributed by atoms with van der Waals surface area (Å²) in [7, 11) is 3.71. The van der Waals surface area contributed by atoms with Crippen molar-refractivity contribution in [2.24, 2.45) is 7.05 Å². The smallest absolute Gasteiger partial charge is 0.228 e. The largest absolute Gasteiger partial charge is 0.481 e. The average molecular weight is 342 g/mol. The summed E-state index contributed by atoms with van der Waals surface area (Å²) in [4.78, 5) is 13.8. The van der Waals surface area contributed by atoms with E-state index in [1.165, 1.54) is 24.1 Å². The van der Waals surface area contributed by atoms with Crippen molar-refractivity contribution < 1.29 is 4.74 Å². The van der Waals surface area contributed by atoms with Gasteiger partial charge in [-0.15, -0.1) is 0 Å². The molecule has 2 aliphatic rings. The number of hydrogen-bond donors (Lipinski definition) is 0. The SMILES string of the molecule is COc1cc(C)nc(N2CCN(Cc3cnn(C)c3C3CC3)CC2)n1. The second-order valence-electron chi connectivity index (χ2n) is 7.07. The van der Waals surface area contributed by atoms with E-state index in [0.717, 1.165) is 50.3 Å². The third-order valence-corrected chi connectivity index (χ3v) is 5.11. The molecule has 3 heterocycles. The lowest BCUT2D eigenvalue weighted by molar-refractivity contribution is 0.247. The van der Waals surface area contributed by atoms with Crippen LogP contribution < -0.4 is 9.64 Å². The minimum Gasteiger partial charge on any atom is -0.481 e. The van der Waals surface area contributed by atoms with E-state index in [2.05, 4.69) is 42.8 Å². The van der Waals surface area contributed by atoms with Crippen molar-refractivity contribution in [1.29, 1.82) is 0 Å². The van der Waals surface area contributed by atoms with Crippen LogP contribution in [0.1, 0.15) is 35.7 Å². The summed E-state index contributed by atoms with van der Waals surface area (Å²) < 4.78 is 7.34. The van der Waals surface area contributed by atoms with Crippen molar-refractivity contribution in [3.05, 3.63) is 29.2 Å². The van der Waals surface area contributed by atoms with Crippen LogP contribution >= 0.6 is 0 Å². The van der Waals surface area contributed by atoms with E-state index in [-0.39, 0.29) is 0 Å². The van der Waals surface area contributed by atoms with Crippen molar-refractivity contribution in [2.75, 3.05) is 38.2 Å². The molecule has 134 valence electrons. The van der Waals surface area contributed by atoms with Crippen molar-refractivity contribution in [1.82, 2.24) is 24.6 Å². The molecule has 4 rings (SSSR count). The number of ether oxygens (including phenoxy) is 1. The number of piperazine rings is 1. The van der Waals surface area contributed by atoms with Crippen LogP contribution in [0.2, 0.25) is 0 Å². The third kappa shape index (κ3) is 3.46. The first-order chi connectivity index (χ1) is 12.1. The van der Waals surface area contributed by atoms with Crippen molar-refractivity contribution in [3.8, 4) is 5.88 Å². The van der Waals surface area contributed by atoms with Crippen LogP contribution in [0.3, 0.4) is 0 Å². The molecule has 0 amide bonds. The highest BCUT2D eigenvalue weighted by Gasteiger charge is 2.30. The number of aryl methyl sites for hydroxylation is 2. The number of anilines is 1. The normalized spacial score (nSPS) is 18.6. The summed E-state index contributed by atoms with van der Waals surface area (Å²) in [6.45, 7) is 6.87. The maximum Gasteiger partial charge on any atom is 0.228 e. The molecule has 25 heavy (non-hydrogen) atoms. The Bertz CT molecular complexity index is 746. The molecule has 0 atom stereocenters. The Morgan fingerprint density at radius 2 is 1.92 bits per heavy atom. The minimum absolute atomic E-state index is 0.634. The Morgan fingerprint density at radius 3 is 2.60 bits per heavy atom. The van der Waals surface area contributed by atoms with E-state index in [0.29, 0.717) is 5.88 Å². The fourth-order valence-electron chi connectivity index (χ4n) is 3.61. The first kappa shape index (κ1) is 16.3. The molecule has 1 saturated heterocycles. The lowest BCUT2D eigenvalue weighted by atomic mass is 10.1. The molecule has 0 bridgehead atoms. The highest BCUT2D eigenvalue weighted by Crippen LogP contribution is 2.41. The zero-order valence-electron chi connectivity index (χ0n) is 15.3. The van der Waals surface area contributed by atoms with E-state index >= 15 is 0 Å². The standard InChI is InChI=1S/C18H26N6O/c1-13-10-16(25-3)21-18(20-13)24-8-6-23(7-9-24)12-15-11-19-22(2)17(15)14-4-5-14/h10-11,14H,4-9,12H2,1-3H3. The average Bonchev–Trinajstić information content (AvgIpc) is 3.39. The van der Waals surface area contributed by atoms with Gasteiger partial charge in [-0.05, 0) is 19.8 Å². The van der Waals surface area contributed by atoms with E-state index < -0.39 is 0 Å². The second kappa shape index (κ2) is 6.63. The molecule has 1 aliphatic heterocycles. The lowest BCUT2D eigenvalue weighted by Crippen LogP contribution is -2.46. The Morgan fingerprint density at radius 1 is 1.16 bits per heavy atom. The Balaban J connectivity index is 1.39. The minimum atomic E-state index is 0.634. The molecular formula is C18H26N6O. The van der Waals surface area contributed by atoms with Crippen molar-refractivity contribution >= 4 is 5.95 Å². The van der Waals surface area contributed by atoms with Crippen molar-refractivity contribution in [3.63, 3.8) is 0 Å². The van der Waals surface area contributed by atoms with Crippen LogP contribution in [0, 0.1) is 6.92 Å². The van der Waals surface area contributed by atoms with Crippen LogP contribution in [0.25, 0.3) is 0 Å². The van der Waals surface area contributed by atoms with E-state index in [4.69, 9.17) is 4.74 Å². The second-order valence-corrected chi connectivity index (χ2v) is 7.07. The van der Waals surface area contributed by atoms with Gasteiger partial charge in [0.2, 0.25) is 11.8 Å². The quantitative estimate of drug-likeness (QED) is 0.825. The van der Waals surface area contributed by atoms with Gasteiger partial charge in [0.25, 0.3) is 0 Å². The molecule has 2 fully saturated rings. The number of methoxy groups -OCH3 is 1. The molecule has 2 aromatic rings. The molecule has 0 unspecified atom stereocenters. The molecule has 1 aliphatic carbocycles. The first-order valence-electron chi connectivity index (χ1n) is 9.02. The monoisotopic (exact) mass is 342 g/mol. The summed E-state index contributed by atoms with van der Waals surface area (Å²) >= 11 is 0. The van der Waals surface area contributed by atoms with E-state index in [9.17, 15) is 0 Å². The number of rotatable bonds is 5. The van der Waals surface area contributed by atoms with Gasteiger partial charge in [-0.25, -0.2) is 4.98 Å². The number of aromatic nitrogens is 4. The van der Waals surface area contributed by atoms with E-state index in [1.807, 2.05) is 13.0 Å². The van der Waals surface area contributed by atoms with Gasteiger partial charge in [-0.2, -0.15) is 10.1 Å². The molecule has 0 spiro atoms. The molecule has 0 N–H and O–H groups in total. The molecular weight excluding hydrogens is 316 g/mol. The van der Waals surface area contributed by atoms with Crippen LogP contribution in [-0.4, -0.2) is 57.9 Å². The van der Waals surface area contributed by atoms with Crippen molar-refractivity contribution in [2.45, 2.75) is 32.2 Å². The Kier molecular flexibility index (Phi) is 4.33. The molecule has 0 radical (unpaired) electrons. The summed E-state index contributed by atoms with van der Waals surface area (Å²) in [5.74, 6) is 2.14. The Hall–Kier alpha value is -2.15. The zero-order valence-corrected chi connectivity index (χ0v) is 15.3. The zero-order chi connectivity index (χ0) is 17.4. The first-order valence-corrected chi connectivity index (χ1v) is 9.02. The van der Waals surface area contributed by atoms with Gasteiger partial charge < -0.3 is 9.64 Å². The summed E-state index contributed by atoms with van der Waals surface area (Å²) in [5.41, 5.74) is 3.77. The topological polar surface area (TPSA) is 59.3 Å². The molecule has 0 aromatic carbocycles. The van der Waals surface area contributed by atoms with Crippen LogP contribution in [0.15, 0.2) is 12.3 Å². The van der Waals surface area contributed by atoms with Gasteiger partial charge in [0, 0.05) is 68.7 Å². The van der Waals surface area contributed by atoms with Crippen LogP contribution in [-0.2, 0) is 13.6 Å². The van der Waals surface area contributed by atoms with E-state index in [1.54, 1.807) is 7.11 Å². The van der Waals surface area contributed by atoms with Gasteiger partial charge in [0.05, 0.1) is 13.3 Å². The fourth-order valence-corrected chi connectivity index (χ4v) is 3.61. The fraction of sp³-hybridized carbons (Fsp3) is 0.611. The van der Waals surface area contributed by atoms with Crippen LogP contribution in [0.5, 0.6) is 5.88 Å². The third-order valence-electron chi connectivity index (χ3n) is 5.11. The van der Waals surface area contributed by atoms with Gasteiger partial charge in [-0.1, -0.05) is 0 Å². The predicted molar refractivity (Wildman–Crippen MR) is 96.0 cm³/mol. The lowest BCUT2D eigenvalue weighted by Gasteiger charge is -2.34. The highest BCUT2D eigenvalue weighted by molar-refractivity contribution is 5.35. The Labute approximate surface area is 148 Å². The van der Waals surface area contributed by atoms with Gasteiger partial charge in [-0.3, -0.25) is 9.58 Å².